The number of nitrogens with zero attached hydrogens (tertiary/aromatic N) is 2. The van der Waals surface area contributed by atoms with E-state index in [4.69, 9.17) is 5.73 Å². The molecule has 1 atom stereocenters. The van der Waals surface area contributed by atoms with E-state index in [-0.39, 0.29) is 5.41 Å². The third kappa shape index (κ3) is 1.52. The van der Waals surface area contributed by atoms with Crippen molar-refractivity contribution in [1.29, 1.82) is 0 Å². The van der Waals surface area contributed by atoms with Gasteiger partial charge in [0.25, 0.3) is 0 Å². The second-order valence-electron chi connectivity index (χ2n) is 5.22. The molecule has 1 aliphatic heterocycles. The van der Waals surface area contributed by atoms with Gasteiger partial charge in [0.2, 0.25) is 0 Å². The van der Waals surface area contributed by atoms with Gasteiger partial charge >= 0.3 is 0 Å². The summed E-state index contributed by atoms with van der Waals surface area (Å²) in [6.45, 7) is 7.68. The van der Waals surface area contributed by atoms with Crippen LogP contribution >= 0.6 is 0 Å². The number of rotatable bonds is 1. The van der Waals surface area contributed by atoms with E-state index in [0.29, 0.717) is 12.1 Å². The highest BCUT2D eigenvalue weighted by Gasteiger charge is 2.42. The summed E-state index contributed by atoms with van der Waals surface area (Å²) in [4.78, 5) is 6.68. The van der Waals surface area contributed by atoms with Gasteiger partial charge in [-0.05, 0) is 18.3 Å². The fraction of sp³-hybridized carbons (Fsp3) is 0.900. The van der Waals surface area contributed by atoms with E-state index in [2.05, 4.69) is 30.7 Å². The van der Waals surface area contributed by atoms with Crippen LogP contribution in [0.15, 0.2) is 4.99 Å². The Morgan fingerprint density at radius 3 is 2.46 bits per heavy atom. The Kier molecular flexibility index (Phi) is 1.79. The highest BCUT2D eigenvalue weighted by atomic mass is 15.4. The molecule has 0 spiro atoms. The molecule has 0 aromatic heterocycles. The minimum atomic E-state index is 0.285. The number of hydrogen-bond donors (Lipinski definition) is 1. The molecule has 1 fully saturated rings. The number of aliphatic imine (C=N–C) groups is 1. The molecule has 0 saturated heterocycles. The Hall–Kier alpha value is -0.730. The van der Waals surface area contributed by atoms with E-state index in [9.17, 15) is 0 Å². The molecule has 1 unspecified atom stereocenters. The summed E-state index contributed by atoms with van der Waals surface area (Å²) in [5.74, 6) is 0.766. The van der Waals surface area contributed by atoms with Gasteiger partial charge in [-0.25, -0.2) is 0 Å². The van der Waals surface area contributed by atoms with Gasteiger partial charge in [-0.1, -0.05) is 20.8 Å². The van der Waals surface area contributed by atoms with E-state index in [1.165, 1.54) is 12.8 Å². The molecule has 74 valence electrons. The van der Waals surface area contributed by atoms with E-state index < -0.39 is 0 Å². The molecule has 1 heterocycles. The quantitative estimate of drug-likeness (QED) is 0.660. The summed E-state index contributed by atoms with van der Waals surface area (Å²) in [5.41, 5.74) is 6.17. The molecule has 1 saturated carbocycles. The highest BCUT2D eigenvalue weighted by Crippen LogP contribution is 2.36. The summed E-state index contributed by atoms with van der Waals surface area (Å²) in [6, 6.07) is 1.20. The molecule has 0 radical (unpaired) electrons. The van der Waals surface area contributed by atoms with Crippen LogP contribution in [0, 0.1) is 5.41 Å². The minimum absolute atomic E-state index is 0.285. The number of nitrogens with two attached hydrogens (primary N) is 1. The largest absolute Gasteiger partial charge is 0.370 e. The second kappa shape index (κ2) is 2.63. The average molecular weight is 181 g/mol. The Morgan fingerprint density at radius 2 is 2.00 bits per heavy atom. The van der Waals surface area contributed by atoms with Gasteiger partial charge in [0.05, 0.1) is 12.6 Å². The summed E-state index contributed by atoms with van der Waals surface area (Å²) in [7, 11) is 0. The van der Waals surface area contributed by atoms with E-state index >= 15 is 0 Å². The van der Waals surface area contributed by atoms with Crippen molar-refractivity contribution in [2.45, 2.75) is 45.7 Å². The smallest absolute Gasteiger partial charge is 0.191 e. The first kappa shape index (κ1) is 8.85. The molecule has 0 bridgehead atoms. The standard InChI is InChI=1S/C10H19N3/c1-10(2,3)8-6-12-9(11)13(8)7-4-5-7/h7-8H,4-6H2,1-3H3,(H2,11,12). The Bertz CT molecular complexity index is 235. The lowest BCUT2D eigenvalue weighted by Gasteiger charge is -2.35. The van der Waals surface area contributed by atoms with E-state index in [1.54, 1.807) is 0 Å². The molecule has 3 heteroatoms. The Labute approximate surface area is 80.0 Å². The van der Waals surface area contributed by atoms with Gasteiger partial charge in [-0.15, -0.1) is 0 Å². The third-order valence-electron chi connectivity index (χ3n) is 2.97. The molecule has 0 aromatic rings. The van der Waals surface area contributed by atoms with E-state index in [1.807, 2.05) is 0 Å². The molecule has 0 aromatic carbocycles. The molecule has 0 amide bonds. The summed E-state index contributed by atoms with van der Waals surface area (Å²) in [5, 5.41) is 0. The zero-order valence-electron chi connectivity index (χ0n) is 8.75. The van der Waals surface area contributed by atoms with Crippen LogP contribution in [0.25, 0.3) is 0 Å². The van der Waals surface area contributed by atoms with Crippen LogP contribution in [-0.4, -0.2) is 29.5 Å². The lowest BCUT2D eigenvalue weighted by Crippen LogP contribution is -2.48. The van der Waals surface area contributed by atoms with Crippen molar-refractivity contribution in [3.8, 4) is 0 Å². The number of guanidine groups is 1. The zero-order valence-corrected chi connectivity index (χ0v) is 8.75. The number of hydrogen-bond acceptors (Lipinski definition) is 3. The third-order valence-corrected chi connectivity index (χ3v) is 2.97. The summed E-state index contributed by atoms with van der Waals surface area (Å²) in [6.07, 6.45) is 2.59. The van der Waals surface area contributed by atoms with Crippen LogP contribution in [-0.2, 0) is 0 Å². The second-order valence-corrected chi connectivity index (χ2v) is 5.22. The minimum Gasteiger partial charge on any atom is -0.370 e. The van der Waals surface area contributed by atoms with Gasteiger partial charge in [-0.3, -0.25) is 4.99 Å². The Balaban J connectivity index is 2.14. The highest BCUT2D eigenvalue weighted by molar-refractivity contribution is 5.81. The first-order chi connectivity index (χ1) is 6.00. The topological polar surface area (TPSA) is 41.6 Å². The molecule has 2 rings (SSSR count). The van der Waals surface area contributed by atoms with Crippen molar-refractivity contribution in [2.75, 3.05) is 6.54 Å². The molecule has 13 heavy (non-hydrogen) atoms. The molecule has 1 aliphatic carbocycles. The van der Waals surface area contributed by atoms with Gasteiger partial charge in [-0.2, -0.15) is 0 Å². The van der Waals surface area contributed by atoms with Crippen LogP contribution in [0.1, 0.15) is 33.6 Å². The fourth-order valence-corrected chi connectivity index (χ4v) is 1.99. The van der Waals surface area contributed by atoms with E-state index in [0.717, 1.165) is 12.5 Å². The molecular formula is C10H19N3. The van der Waals surface area contributed by atoms with Gasteiger partial charge < -0.3 is 10.6 Å². The monoisotopic (exact) mass is 181 g/mol. The first-order valence-corrected chi connectivity index (χ1v) is 5.08. The molecular weight excluding hydrogens is 162 g/mol. The average Bonchev–Trinajstić information content (AvgIpc) is 2.73. The van der Waals surface area contributed by atoms with Gasteiger partial charge in [0.1, 0.15) is 0 Å². The van der Waals surface area contributed by atoms with Crippen molar-refractivity contribution in [3.05, 3.63) is 0 Å². The predicted molar refractivity (Wildman–Crippen MR) is 54.6 cm³/mol. The van der Waals surface area contributed by atoms with Crippen molar-refractivity contribution >= 4 is 5.96 Å². The van der Waals surface area contributed by atoms with Crippen molar-refractivity contribution in [2.24, 2.45) is 16.1 Å². The molecule has 2 aliphatic rings. The summed E-state index contributed by atoms with van der Waals surface area (Å²) < 4.78 is 0. The Morgan fingerprint density at radius 1 is 1.38 bits per heavy atom. The fourth-order valence-electron chi connectivity index (χ4n) is 1.99. The van der Waals surface area contributed by atoms with Crippen LogP contribution in [0.3, 0.4) is 0 Å². The van der Waals surface area contributed by atoms with Crippen molar-refractivity contribution in [1.82, 2.24) is 4.90 Å². The summed E-state index contributed by atoms with van der Waals surface area (Å²) >= 11 is 0. The maximum atomic E-state index is 5.88. The SMILES string of the molecule is CC(C)(C)C1CN=C(N)N1C1CC1. The maximum absolute atomic E-state index is 5.88. The first-order valence-electron chi connectivity index (χ1n) is 5.08. The lowest BCUT2D eigenvalue weighted by atomic mass is 9.86. The van der Waals surface area contributed by atoms with Crippen LogP contribution in [0.2, 0.25) is 0 Å². The van der Waals surface area contributed by atoms with Crippen molar-refractivity contribution < 1.29 is 0 Å². The normalized spacial score (nSPS) is 29.3. The zero-order chi connectivity index (χ0) is 9.64. The molecule has 3 nitrogen and oxygen atoms in total. The predicted octanol–water partition coefficient (Wildman–Crippen LogP) is 1.19. The van der Waals surface area contributed by atoms with Crippen LogP contribution < -0.4 is 5.73 Å². The van der Waals surface area contributed by atoms with Crippen molar-refractivity contribution in [3.63, 3.8) is 0 Å². The maximum Gasteiger partial charge on any atom is 0.191 e. The lowest BCUT2D eigenvalue weighted by molar-refractivity contribution is 0.182. The van der Waals surface area contributed by atoms with Crippen LogP contribution in [0.4, 0.5) is 0 Å². The van der Waals surface area contributed by atoms with Crippen LogP contribution in [0.5, 0.6) is 0 Å². The molecule has 2 N–H and O–H groups in total. The van der Waals surface area contributed by atoms with Gasteiger partial charge in [0, 0.05) is 6.04 Å². The van der Waals surface area contributed by atoms with Gasteiger partial charge in [0.15, 0.2) is 5.96 Å².